The lowest BCUT2D eigenvalue weighted by atomic mass is 9.82. The third-order valence-electron chi connectivity index (χ3n) is 5.82. The molecule has 11 atom stereocenters. The molecule has 2 heterocycles. The van der Waals surface area contributed by atoms with E-state index in [1.165, 1.54) is 7.11 Å². The Morgan fingerprint density at radius 1 is 1.04 bits per heavy atom. The van der Waals surface area contributed by atoms with Crippen molar-refractivity contribution < 1.29 is 54.4 Å². The lowest BCUT2D eigenvalue weighted by Crippen LogP contribution is -2.60. The Bertz CT molecular complexity index is 608. The van der Waals surface area contributed by atoms with Crippen LogP contribution in [0, 0.1) is 17.8 Å². The molecule has 0 aromatic heterocycles. The summed E-state index contributed by atoms with van der Waals surface area (Å²) in [4.78, 5) is 12.0. The Kier molecular flexibility index (Phi) is 6.27. The highest BCUT2D eigenvalue weighted by atomic mass is 16.8. The third kappa shape index (κ3) is 3.42. The zero-order chi connectivity index (χ0) is 20.7. The SMILES string of the molecule is COC(=O)C1=CO[C@@H](O[C@H]2O[C@H](CO)[C@@H](O)[C@@H](O)[C@@H]2O)[C@@H]2[C@H](C)[C@@H](O)[C@@H](O)[C@H]12. The van der Waals surface area contributed by atoms with E-state index in [-0.39, 0.29) is 5.57 Å². The first-order chi connectivity index (χ1) is 13.2. The van der Waals surface area contributed by atoms with Gasteiger partial charge in [0.05, 0.1) is 37.8 Å². The van der Waals surface area contributed by atoms with Gasteiger partial charge in [-0.15, -0.1) is 0 Å². The minimum absolute atomic E-state index is 0.0389. The molecule has 0 spiro atoms. The number of rotatable bonds is 4. The van der Waals surface area contributed by atoms with Crippen LogP contribution in [0.4, 0.5) is 0 Å². The molecule has 1 aliphatic carbocycles. The van der Waals surface area contributed by atoms with Crippen molar-refractivity contribution in [1.29, 1.82) is 0 Å². The largest absolute Gasteiger partial charge is 0.472 e. The molecule has 0 aromatic rings. The average molecular weight is 406 g/mol. The molecule has 3 rings (SSSR count). The van der Waals surface area contributed by atoms with Crippen LogP contribution in [0.25, 0.3) is 0 Å². The van der Waals surface area contributed by atoms with Crippen LogP contribution in [0.2, 0.25) is 0 Å². The van der Waals surface area contributed by atoms with Gasteiger partial charge in [0.15, 0.2) is 6.29 Å². The minimum atomic E-state index is -1.64. The number of methoxy groups -OCH3 is 1. The van der Waals surface area contributed by atoms with Crippen LogP contribution in [0.5, 0.6) is 0 Å². The summed E-state index contributed by atoms with van der Waals surface area (Å²) in [5.41, 5.74) is 0.0389. The molecule has 0 unspecified atom stereocenters. The molecule has 3 aliphatic rings. The van der Waals surface area contributed by atoms with Crippen molar-refractivity contribution in [1.82, 2.24) is 0 Å². The van der Waals surface area contributed by atoms with E-state index >= 15 is 0 Å². The Morgan fingerprint density at radius 2 is 1.71 bits per heavy atom. The van der Waals surface area contributed by atoms with Gasteiger partial charge in [0, 0.05) is 11.8 Å². The summed E-state index contributed by atoms with van der Waals surface area (Å²) in [6, 6.07) is 0. The second-order valence-corrected chi connectivity index (χ2v) is 7.35. The number of aliphatic hydroxyl groups excluding tert-OH is 6. The van der Waals surface area contributed by atoms with Crippen molar-refractivity contribution in [3.8, 4) is 0 Å². The van der Waals surface area contributed by atoms with E-state index < -0.39 is 79.5 Å². The lowest BCUT2D eigenvalue weighted by Gasteiger charge is -2.43. The Labute approximate surface area is 160 Å². The van der Waals surface area contributed by atoms with Gasteiger partial charge in [0.1, 0.15) is 24.4 Å². The first-order valence-electron chi connectivity index (χ1n) is 8.98. The number of hydrogen-bond donors (Lipinski definition) is 6. The normalized spacial score (nSPS) is 48.4. The summed E-state index contributed by atoms with van der Waals surface area (Å²) in [6.07, 6.45) is -9.96. The topological polar surface area (TPSA) is 175 Å². The number of fused-ring (bicyclic) bond motifs is 1. The molecule has 2 aliphatic heterocycles. The molecular formula is C17H26O11. The smallest absolute Gasteiger partial charge is 0.337 e. The molecule has 11 nitrogen and oxygen atoms in total. The van der Waals surface area contributed by atoms with Crippen LogP contribution in [0.1, 0.15) is 6.92 Å². The summed E-state index contributed by atoms with van der Waals surface area (Å²) in [5.74, 6) is -2.82. The predicted octanol–water partition coefficient (Wildman–Crippen LogP) is -3.18. The van der Waals surface area contributed by atoms with E-state index in [4.69, 9.17) is 18.9 Å². The molecule has 0 aromatic carbocycles. The van der Waals surface area contributed by atoms with Crippen molar-refractivity contribution in [2.75, 3.05) is 13.7 Å². The Morgan fingerprint density at radius 3 is 2.32 bits per heavy atom. The highest BCUT2D eigenvalue weighted by Crippen LogP contribution is 2.47. The summed E-state index contributed by atoms with van der Waals surface area (Å²) < 4.78 is 21.1. The van der Waals surface area contributed by atoms with Crippen LogP contribution in [-0.4, -0.2) is 99.5 Å². The molecular weight excluding hydrogens is 380 g/mol. The average Bonchev–Trinajstić information content (AvgIpc) is 2.92. The lowest BCUT2D eigenvalue weighted by molar-refractivity contribution is -0.343. The van der Waals surface area contributed by atoms with E-state index in [0.717, 1.165) is 6.26 Å². The predicted molar refractivity (Wildman–Crippen MR) is 88.0 cm³/mol. The van der Waals surface area contributed by atoms with Gasteiger partial charge in [0.25, 0.3) is 0 Å². The van der Waals surface area contributed by atoms with E-state index in [0.29, 0.717) is 0 Å². The highest BCUT2D eigenvalue weighted by Gasteiger charge is 2.57. The van der Waals surface area contributed by atoms with Gasteiger partial charge >= 0.3 is 5.97 Å². The molecule has 11 heteroatoms. The zero-order valence-corrected chi connectivity index (χ0v) is 15.4. The summed E-state index contributed by atoms with van der Waals surface area (Å²) in [5, 5.41) is 59.9. The van der Waals surface area contributed by atoms with Crippen molar-refractivity contribution in [3.63, 3.8) is 0 Å². The number of carbonyl (C=O) groups excluding carboxylic acids is 1. The van der Waals surface area contributed by atoms with E-state index in [2.05, 4.69) is 0 Å². The maximum absolute atomic E-state index is 12.0. The van der Waals surface area contributed by atoms with Crippen LogP contribution >= 0.6 is 0 Å². The number of ether oxygens (including phenoxy) is 4. The van der Waals surface area contributed by atoms with Crippen LogP contribution < -0.4 is 0 Å². The summed E-state index contributed by atoms with van der Waals surface area (Å²) in [6.45, 7) is 1.02. The minimum Gasteiger partial charge on any atom is -0.472 e. The Hall–Kier alpha value is -1.31. The van der Waals surface area contributed by atoms with Gasteiger partial charge < -0.3 is 49.6 Å². The molecule has 0 radical (unpaired) electrons. The molecule has 28 heavy (non-hydrogen) atoms. The molecule has 1 saturated carbocycles. The van der Waals surface area contributed by atoms with Crippen molar-refractivity contribution in [3.05, 3.63) is 11.8 Å². The molecule has 2 fully saturated rings. The third-order valence-corrected chi connectivity index (χ3v) is 5.82. The summed E-state index contributed by atoms with van der Waals surface area (Å²) >= 11 is 0. The van der Waals surface area contributed by atoms with Gasteiger partial charge in [0.2, 0.25) is 6.29 Å². The van der Waals surface area contributed by atoms with Crippen LogP contribution in [-0.2, 0) is 23.7 Å². The molecule has 160 valence electrons. The second kappa shape index (κ2) is 8.20. The van der Waals surface area contributed by atoms with Crippen molar-refractivity contribution in [2.24, 2.45) is 17.8 Å². The number of carbonyl (C=O) groups is 1. The molecule has 6 N–H and O–H groups in total. The van der Waals surface area contributed by atoms with Crippen LogP contribution in [0.15, 0.2) is 11.8 Å². The maximum atomic E-state index is 12.0. The van der Waals surface area contributed by atoms with Gasteiger partial charge in [-0.2, -0.15) is 0 Å². The van der Waals surface area contributed by atoms with Crippen LogP contribution in [0.3, 0.4) is 0 Å². The fourth-order valence-corrected chi connectivity index (χ4v) is 4.16. The number of hydrogen-bond acceptors (Lipinski definition) is 11. The number of aliphatic hydroxyl groups is 6. The standard InChI is InChI=1S/C17H26O11/c1-5-8-9(12(21)10(5)19)6(15(24)25-2)4-26-16(8)28-17-14(23)13(22)11(20)7(3-18)27-17/h4-5,7-14,16-23H,3H2,1-2H3/t5-,7+,8+,9+,10+,11+,12-,13+,14-,16-,17+/m0/s1. The van der Waals surface area contributed by atoms with Gasteiger partial charge in [-0.05, 0) is 5.92 Å². The molecule has 1 saturated heterocycles. The summed E-state index contributed by atoms with van der Waals surface area (Å²) in [7, 11) is 1.18. The number of esters is 1. The second-order valence-electron chi connectivity index (χ2n) is 7.35. The fourth-order valence-electron chi connectivity index (χ4n) is 4.16. The van der Waals surface area contributed by atoms with Gasteiger partial charge in [-0.25, -0.2) is 4.79 Å². The van der Waals surface area contributed by atoms with Gasteiger partial charge in [-0.3, -0.25) is 0 Å². The van der Waals surface area contributed by atoms with Crippen molar-refractivity contribution in [2.45, 2.75) is 56.1 Å². The fraction of sp³-hybridized carbons (Fsp3) is 0.824. The highest BCUT2D eigenvalue weighted by molar-refractivity contribution is 5.89. The first-order valence-corrected chi connectivity index (χ1v) is 8.98. The van der Waals surface area contributed by atoms with Crippen molar-refractivity contribution >= 4 is 5.97 Å². The van der Waals surface area contributed by atoms with E-state index in [1.54, 1.807) is 6.92 Å². The van der Waals surface area contributed by atoms with E-state index in [9.17, 15) is 35.4 Å². The Balaban J connectivity index is 1.84. The monoisotopic (exact) mass is 406 g/mol. The molecule has 0 amide bonds. The van der Waals surface area contributed by atoms with Gasteiger partial charge in [-0.1, -0.05) is 6.92 Å². The molecule has 0 bridgehead atoms. The van der Waals surface area contributed by atoms with E-state index in [1.807, 2.05) is 0 Å². The quantitative estimate of drug-likeness (QED) is 0.260. The zero-order valence-electron chi connectivity index (χ0n) is 15.4. The first kappa shape index (κ1) is 21.4. The maximum Gasteiger partial charge on any atom is 0.337 e.